The van der Waals surface area contributed by atoms with Crippen molar-refractivity contribution < 1.29 is 9.21 Å². The van der Waals surface area contributed by atoms with Crippen molar-refractivity contribution in [3.8, 4) is 0 Å². The maximum Gasteiger partial charge on any atom is 0.174 e. The highest BCUT2D eigenvalue weighted by Crippen LogP contribution is 2.48. The Morgan fingerprint density at radius 1 is 0.943 bits per heavy atom. The minimum Gasteiger partial charge on any atom is -0.454 e. The number of H-pyrrole nitrogens is 2. The Bertz CT molecular complexity index is 1550. The summed E-state index contributed by atoms with van der Waals surface area (Å²) in [6.07, 6.45) is 3.01. The average Bonchev–Trinajstić information content (AvgIpc) is 3.62. The molecular formula is C27H21N5O2S. The topological polar surface area (TPSA) is 99.9 Å². The van der Waals surface area contributed by atoms with E-state index < -0.39 is 0 Å². The number of para-hydroxylation sites is 2. The fourth-order valence-electron chi connectivity index (χ4n) is 5.34. The van der Waals surface area contributed by atoms with Crippen molar-refractivity contribution in [3.63, 3.8) is 0 Å². The van der Waals surface area contributed by atoms with Crippen molar-refractivity contribution in [2.24, 2.45) is 10.9 Å². The Labute approximate surface area is 205 Å². The van der Waals surface area contributed by atoms with E-state index >= 15 is 0 Å². The summed E-state index contributed by atoms with van der Waals surface area (Å²) in [7, 11) is 0. The number of aromatic nitrogens is 4. The van der Waals surface area contributed by atoms with Crippen molar-refractivity contribution in [2.75, 3.05) is 0 Å². The number of carbonyl (C=O) groups is 1. The van der Waals surface area contributed by atoms with E-state index in [2.05, 4.69) is 32.3 Å². The zero-order valence-electron chi connectivity index (χ0n) is 18.6. The standard InChI is InChI=1S/C27H21N5O2S/c33-21-13-16(15-6-2-1-3-7-15)12-20-25(21)24(17-14-28-32-26(17)29-20)22-10-11-23(34-22)35-27-30-18-8-4-5-9-19(18)31-27/h1-11,14,16,24-25H,12-13H2,(H,28,32)(H,30,31). The van der Waals surface area contributed by atoms with Gasteiger partial charge in [-0.2, -0.15) is 5.10 Å². The molecule has 1 aliphatic carbocycles. The van der Waals surface area contributed by atoms with Crippen LogP contribution in [0.2, 0.25) is 0 Å². The van der Waals surface area contributed by atoms with E-state index in [0.29, 0.717) is 12.2 Å². The third-order valence-electron chi connectivity index (χ3n) is 6.92. The highest BCUT2D eigenvalue weighted by Gasteiger charge is 2.45. The van der Waals surface area contributed by atoms with Crippen LogP contribution < -0.4 is 0 Å². The SMILES string of the molecule is O=C1CC(c2ccccc2)CC2=Nc3[nH]ncc3C(c3ccc(Sc4nc5ccccc5[nH]4)o3)C12. The summed E-state index contributed by atoms with van der Waals surface area (Å²) in [6, 6.07) is 22.1. The van der Waals surface area contributed by atoms with Crippen LogP contribution in [0.25, 0.3) is 11.0 Å². The van der Waals surface area contributed by atoms with Crippen LogP contribution in [0.15, 0.2) is 92.6 Å². The minimum atomic E-state index is -0.338. The second kappa shape index (κ2) is 8.09. The van der Waals surface area contributed by atoms with Gasteiger partial charge in [0.05, 0.1) is 29.1 Å². The summed E-state index contributed by atoms with van der Waals surface area (Å²) in [4.78, 5) is 26.3. The molecule has 7 nitrogen and oxygen atoms in total. The lowest BCUT2D eigenvalue weighted by molar-refractivity contribution is -0.122. The van der Waals surface area contributed by atoms with Crippen LogP contribution in [0.4, 0.5) is 5.82 Å². The van der Waals surface area contributed by atoms with Crippen molar-refractivity contribution in [1.82, 2.24) is 20.2 Å². The first-order chi connectivity index (χ1) is 17.2. The van der Waals surface area contributed by atoms with Crippen LogP contribution in [0, 0.1) is 5.92 Å². The van der Waals surface area contributed by atoms with Gasteiger partial charge in [0.1, 0.15) is 11.5 Å². The Hall–Kier alpha value is -3.91. The maximum atomic E-state index is 13.6. The van der Waals surface area contributed by atoms with E-state index in [1.54, 1.807) is 6.20 Å². The zero-order valence-corrected chi connectivity index (χ0v) is 19.5. The number of hydrogen-bond donors (Lipinski definition) is 2. The molecule has 4 heterocycles. The molecule has 0 spiro atoms. The summed E-state index contributed by atoms with van der Waals surface area (Å²) < 4.78 is 6.31. The molecule has 1 fully saturated rings. The summed E-state index contributed by atoms with van der Waals surface area (Å²) in [5.74, 6) is 1.21. The fourth-order valence-corrected chi connectivity index (χ4v) is 6.11. The Kier molecular flexibility index (Phi) is 4.73. The second-order valence-electron chi connectivity index (χ2n) is 9.03. The van der Waals surface area contributed by atoms with Crippen molar-refractivity contribution >= 4 is 40.1 Å². The van der Waals surface area contributed by atoms with Crippen LogP contribution in [0.3, 0.4) is 0 Å². The summed E-state index contributed by atoms with van der Waals surface area (Å²) in [5, 5.41) is 8.73. The number of benzene rings is 2. The van der Waals surface area contributed by atoms with Gasteiger partial charge in [0.15, 0.2) is 16.1 Å². The summed E-state index contributed by atoms with van der Waals surface area (Å²) in [5.41, 5.74) is 4.88. The molecule has 2 N–H and O–H groups in total. The first-order valence-corrected chi connectivity index (χ1v) is 12.5. The molecule has 7 rings (SSSR count). The fraction of sp³-hybridized carbons (Fsp3) is 0.185. The summed E-state index contributed by atoms with van der Waals surface area (Å²) in [6.45, 7) is 0. The van der Waals surface area contributed by atoms with Crippen molar-refractivity contribution in [3.05, 3.63) is 89.8 Å². The van der Waals surface area contributed by atoms with Crippen LogP contribution in [0.1, 0.15) is 41.6 Å². The number of aromatic amines is 2. The molecule has 0 radical (unpaired) electrons. The largest absolute Gasteiger partial charge is 0.454 e. The van der Waals surface area contributed by atoms with Crippen LogP contribution in [-0.2, 0) is 4.79 Å². The molecule has 2 aliphatic rings. The van der Waals surface area contributed by atoms with Gasteiger partial charge in [-0.15, -0.1) is 0 Å². The van der Waals surface area contributed by atoms with E-state index in [1.165, 1.54) is 17.3 Å². The van der Waals surface area contributed by atoms with Gasteiger partial charge in [-0.05, 0) is 53.9 Å². The lowest BCUT2D eigenvalue weighted by atomic mass is 9.68. The number of Topliss-reactive ketones (excluding diaryl/α,β-unsaturated/α-hetero) is 1. The number of fused-ring (bicyclic) bond motifs is 3. The minimum absolute atomic E-state index is 0.139. The van der Waals surface area contributed by atoms with Crippen LogP contribution >= 0.6 is 11.8 Å². The van der Waals surface area contributed by atoms with E-state index in [1.807, 2.05) is 54.6 Å². The summed E-state index contributed by atoms with van der Waals surface area (Å²) >= 11 is 1.44. The predicted octanol–water partition coefficient (Wildman–Crippen LogP) is 6.01. The molecule has 0 bridgehead atoms. The third-order valence-corrected chi connectivity index (χ3v) is 7.73. The highest BCUT2D eigenvalue weighted by atomic mass is 32.2. The highest BCUT2D eigenvalue weighted by molar-refractivity contribution is 7.99. The second-order valence-corrected chi connectivity index (χ2v) is 10.0. The lowest BCUT2D eigenvalue weighted by Crippen LogP contribution is -2.38. The van der Waals surface area contributed by atoms with Gasteiger partial charge in [0.25, 0.3) is 0 Å². The Balaban J connectivity index is 1.21. The number of furan rings is 1. The number of aliphatic imine (C=N–C) groups is 1. The number of rotatable bonds is 4. The molecule has 3 atom stereocenters. The third kappa shape index (κ3) is 3.52. The Morgan fingerprint density at radius 3 is 2.69 bits per heavy atom. The van der Waals surface area contributed by atoms with Gasteiger partial charge in [0, 0.05) is 17.7 Å². The van der Waals surface area contributed by atoms with E-state index in [0.717, 1.165) is 44.7 Å². The van der Waals surface area contributed by atoms with Crippen LogP contribution in [-0.4, -0.2) is 31.7 Å². The smallest absolute Gasteiger partial charge is 0.174 e. The van der Waals surface area contributed by atoms with Crippen LogP contribution in [0.5, 0.6) is 0 Å². The molecule has 3 unspecified atom stereocenters. The number of nitrogens with zero attached hydrogens (tertiary/aromatic N) is 3. The molecule has 35 heavy (non-hydrogen) atoms. The number of hydrogen-bond acceptors (Lipinski definition) is 6. The zero-order chi connectivity index (χ0) is 23.4. The van der Waals surface area contributed by atoms with Gasteiger partial charge in [-0.25, -0.2) is 9.98 Å². The van der Waals surface area contributed by atoms with Crippen molar-refractivity contribution in [2.45, 2.75) is 34.9 Å². The van der Waals surface area contributed by atoms with E-state index in [4.69, 9.17) is 9.41 Å². The molecule has 0 saturated heterocycles. The van der Waals surface area contributed by atoms with Gasteiger partial charge < -0.3 is 9.40 Å². The van der Waals surface area contributed by atoms with Gasteiger partial charge in [-0.3, -0.25) is 9.89 Å². The molecule has 172 valence electrons. The first kappa shape index (κ1) is 20.5. The van der Waals surface area contributed by atoms with E-state index in [9.17, 15) is 4.79 Å². The van der Waals surface area contributed by atoms with Gasteiger partial charge in [-0.1, -0.05) is 42.5 Å². The molecule has 1 aliphatic heterocycles. The lowest BCUT2D eigenvalue weighted by Gasteiger charge is -2.35. The van der Waals surface area contributed by atoms with Gasteiger partial charge >= 0.3 is 0 Å². The molecule has 3 aromatic heterocycles. The molecule has 8 heteroatoms. The van der Waals surface area contributed by atoms with E-state index in [-0.39, 0.29) is 23.5 Å². The quantitative estimate of drug-likeness (QED) is 0.329. The number of carbonyl (C=O) groups excluding carboxylic acids is 1. The predicted molar refractivity (Wildman–Crippen MR) is 133 cm³/mol. The number of imidazole rings is 1. The van der Waals surface area contributed by atoms with Gasteiger partial charge in [0.2, 0.25) is 0 Å². The molecular weight excluding hydrogens is 458 g/mol. The van der Waals surface area contributed by atoms with Crippen molar-refractivity contribution in [1.29, 1.82) is 0 Å². The average molecular weight is 480 g/mol. The maximum absolute atomic E-state index is 13.6. The normalized spacial score (nSPS) is 21.5. The number of nitrogens with one attached hydrogen (secondary N) is 2. The Morgan fingerprint density at radius 2 is 1.80 bits per heavy atom. The molecule has 5 aromatic rings. The molecule has 2 aromatic carbocycles. The monoisotopic (exact) mass is 479 g/mol. The number of ketones is 1. The molecule has 1 saturated carbocycles. The molecule has 0 amide bonds. The first-order valence-electron chi connectivity index (χ1n) is 11.6.